The lowest BCUT2D eigenvalue weighted by molar-refractivity contribution is 0.601. The molecule has 0 aliphatic rings. The van der Waals surface area contributed by atoms with Crippen molar-refractivity contribution in [1.29, 1.82) is 0 Å². The lowest BCUT2D eigenvalue weighted by Gasteiger charge is -2.03. The molecule has 98 valence electrons. The van der Waals surface area contributed by atoms with E-state index in [1.54, 1.807) is 12.5 Å². The second-order valence-corrected chi connectivity index (χ2v) is 4.43. The summed E-state index contributed by atoms with van der Waals surface area (Å²) < 4.78 is 1.96. The van der Waals surface area contributed by atoms with Crippen molar-refractivity contribution >= 4 is 11.2 Å². The van der Waals surface area contributed by atoms with E-state index >= 15 is 0 Å². The average Bonchev–Trinajstić information content (AvgIpc) is 3.04. The van der Waals surface area contributed by atoms with Gasteiger partial charge in [0.05, 0.1) is 11.8 Å². The number of hydrogen-bond donors (Lipinski definition) is 1. The summed E-state index contributed by atoms with van der Waals surface area (Å²) in [6.07, 6.45) is 5.32. The number of nitrogens with zero attached hydrogens (tertiary/aromatic N) is 5. The Labute approximate surface area is 110 Å². The predicted octanol–water partition coefficient (Wildman–Crippen LogP) is 2.19. The summed E-state index contributed by atoms with van der Waals surface area (Å²) in [4.78, 5) is 16.1. The van der Waals surface area contributed by atoms with Crippen LogP contribution in [0.25, 0.3) is 22.6 Å². The summed E-state index contributed by atoms with van der Waals surface area (Å²) >= 11 is 0. The van der Waals surface area contributed by atoms with Crippen LogP contribution < -0.4 is 0 Å². The van der Waals surface area contributed by atoms with Gasteiger partial charge in [-0.3, -0.25) is 0 Å². The highest BCUT2D eigenvalue weighted by Gasteiger charge is 2.12. The Morgan fingerprint density at radius 3 is 2.95 bits per heavy atom. The summed E-state index contributed by atoms with van der Waals surface area (Å²) in [5.74, 6) is 1.75. The Balaban J connectivity index is 2.10. The van der Waals surface area contributed by atoms with Crippen LogP contribution in [0, 0.1) is 0 Å². The Morgan fingerprint density at radius 2 is 2.16 bits per heavy atom. The van der Waals surface area contributed by atoms with Crippen LogP contribution in [0.1, 0.15) is 26.1 Å². The number of aromatic amines is 1. The first-order valence-electron chi connectivity index (χ1n) is 6.55. The number of fused-ring (bicyclic) bond motifs is 1. The molecule has 6 nitrogen and oxygen atoms in total. The van der Waals surface area contributed by atoms with Gasteiger partial charge in [0.15, 0.2) is 17.3 Å². The number of nitrogens with one attached hydrogen (secondary N) is 1. The lowest BCUT2D eigenvalue weighted by Crippen LogP contribution is -2.02. The summed E-state index contributed by atoms with van der Waals surface area (Å²) in [5, 5.41) is 4.51. The summed E-state index contributed by atoms with van der Waals surface area (Å²) in [7, 11) is 0. The predicted molar refractivity (Wildman–Crippen MR) is 72.6 cm³/mol. The van der Waals surface area contributed by atoms with E-state index in [1.807, 2.05) is 10.7 Å². The van der Waals surface area contributed by atoms with E-state index in [0.29, 0.717) is 0 Å². The second kappa shape index (κ2) is 4.79. The van der Waals surface area contributed by atoms with Crippen molar-refractivity contribution in [3.8, 4) is 11.4 Å². The van der Waals surface area contributed by atoms with Crippen LogP contribution in [0.15, 0.2) is 18.6 Å². The number of rotatable bonds is 4. The van der Waals surface area contributed by atoms with E-state index in [9.17, 15) is 0 Å². The molecule has 0 saturated carbocycles. The van der Waals surface area contributed by atoms with Crippen molar-refractivity contribution in [3.05, 3.63) is 24.4 Å². The van der Waals surface area contributed by atoms with Crippen LogP contribution in [-0.2, 0) is 13.0 Å². The molecule has 1 N–H and O–H groups in total. The molecule has 0 amide bonds. The molecule has 0 bridgehead atoms. The maximum atomic E-state index is 4.59. The molecular weight excluding hydrogens is 240 g/mol. The molecule has 3 aromatic heterocycles. The van der Waals surface area contributed by atoms with E-state index in [2.05, 4.69) is 38.9 Å². The molecule has 3 rings (SSSR count). The van der Waals surface area contributed by atoms with Crippen molar-refractivity contribution in [2.24, 2.45) is 0 Å². The number of aromatic nitrogens is 6. The van der Waals surface area contributed by atoms with Crippen molar-refractivity contribution in [3.63, 3.8) is 0 Å². The summed E-state index contributed by atoms with van der Waals surface area (Å²) in [6, 6.07) is 2.02. The highest BCUT2D eigenvalue weighted by Crippen LogP contribution is 2.20. The largest absolute Gasteiger partial charge is 0.343 e. The Bertz CT molecular complexity index is 696. The molecule has 0 saturated heterocycles. The fraction of sp³-hybridized carbons (Fsp3) is 0.385. The van der Waals surface area contributed by atoms with Gasteiger partial charge < -0.3 is 4.98 Å². The molecule has 0 fully saturated rings. The molecular formula is C13H16N6. The lowest BCUT2D eigenvalue weighted by atomic mass is 10.2. The first kappa shape index (κ1) is 11.8. The standard InChI is InChI=1S/C13H16N6/c1-3-5-19-13(17-11(4-2)18-19)9-6-10-12(14-7-9)16-8-15-10/h6-8H,3-5H2,1-2H3,(H,14,15,16). The van der Waals surface area contributed by atoms with Crippen LogP contribution in [0.2, 0.25) is 0 Å². The van der Waals surface area contributed by atoms with Crippen molar-refractivity contribution in [1.82, 2.24) is 29.7 Å². The smallest absolute Gasteiger partial charge is 0.177 e. The molecule has 3 heterocycles. The molecule has 0 aliphatic carbocycles. The Hall–Kier alpha value is -2.24. The zero-order valence-corrected chi connectivity index (χ0v) is 11.1. The number of aryl methyl sites for hydroxylation is 2. The second-order valence-electron chi connectivity index (χ2n) is 4.43. The van der Waals surface area contributed by atoms with Crippen molar-refractivity contribution in [2.75, 3.05) is 0 Å². The maximum absolute atomic E-state index is 4.59. The molecule has 6 heteroatoms. The molecule has 0 radical (unpaired) electrons. The minimum Gasteiger partial charge on any atom is -0.343 e. The van der Waals surface area contributed by atoms with Gasteiger partial charge in [0.25, 0.3) is 0 Å². The third kappa shape index (κ3) is 2.09. The zero-order chi connectivity index (χ0) is 13.2. The normalized spacial score (nSPS) is 11.3. The molecule has 3 aromatic rings. The van der Waals surface area contributed by atoms with Crippen LogP contribution in [0.4, 0.5) is 0 Å². The Morgan fingerprint density at radius 1 is 1.26 bits per heavy atom. The number of H-pyrrole nitrogens is 1. The minimum atomic E-state index is 0.723. The third-order valence-corrected chi connectivity index (χ3v) is 3.00. The molecule has 0 atom stereocenters. The molecule has 0 aliphatic heterocycles. The van der Waals surface area contributed by atoms with Crippen molar-refractivity contribution < 1.29 is 0 Å². The maximum Gasteiger partial charge on any atom is 0.177 e. The Kier molecular flexibility index (Phi) is 2.98. The average molecular weight is 256 g/mol. The van der Waals surface area contributed by atoms with E-state index in [0.717, 1.165) is 47.8 Å². The van der Waals surface area contributed by atoms with Crippen LogP contribution in [0.3, 0.4) is 0 Å². The minimum absolute atomic E-state index is 0.723. The van der Waals surface area contributed by atoms with Gasteiger partial charge in [-0.25, -0.2) is 19.6 Å². The van der Waals surface area contributed by atoms with E-state index in [4.69, 9.17) is 0 Å². The fourth-order valence-corrected chi connectivity index (χ4v) is 2.07. The van der Waals surface area contributed by atoms with Gasteiger partial charge in [-0.15, -0.1) is 0 Å². The third-order valence-electron chi connectivity index (χ3n) is 3.00. The monoisotopic (exact) mass is 256 g/mol. The van der Waals surface area contributed by atoms with Gasteiger partial charge in [-0.05, 0) is 12.5 Å². The first-order valence-corrected chi connectivity index (χ1v) is 6.55. The van der Waals surface area contributed by atoms with Gasteiger partial charge in [0.2, 0.25) is 0 Å². The van der Waals surface area contributed by atoms with E-state index in [1.165, 1.54) is 0 Å². The topological polar surface area (TPSA) is 72.3 Å². The van der Waals surface area contributed by atoms with Crippen LogP contribution in [-0.4, -0.2) is 29.7 Å². The molecule has 0 spiro atoms. The van der Waals surface area contributed by atoms with Gasteiger partial charge in [0, 0.05) is 24.7 Å². The zero-order valence-electron chi connectivity index (χ0n) is 11.1. The van der Waals surface area contributed by atoms with Gasteiger partial charge in [-0.2, -0.15) is 5.10 Å². The summed E-state index contributed by atoms with van der Waals surface area (Å²) in [5.41, 5.74) is 2.61. The van der Waals surface area contributed by atoms with Gasteiger partial charge >= 0.3 is 0 Å². The fourth-order valence-electron chi connectivity index (χ4n) is 2.07. The summed E-state index contributed by atoms with van der Waals surface area (Å²) in [6.45, 7) is 5.06. The van der Waals surface area contributed by atoms with E-state index < -0.39 is 0 Å². The van der Waals surface area contributed by atoms with Crippen molar-refractivity contribution in [2.45, 2.75) is 33.2 Å². The van der Waals surface area contributed by atoms with Gasteiger partial charge in [0.1, 0.15) is 0 Å². The van der Waals surface area contributed by atoms with Crippen LogP contribution in [0.5, 0.6) is 0 Å². The first-order chi connectivity index (χ1) is 9.31. The SMILES string of the molecule is CCCn1nc(CC)nc1-c1cnc2nc[nH]c2c1. The highest BCUT2D eigenvalue weighted by molar-refractivity contribution is 5.75. The quantitative estimate of drug-likeness (QED) is 0.776. The number of imidazole rings is 1. The highest BCUT2D eigenvalue weighted by atomic mass is 15.3. The molecule has 0 unspecified atom stereocenters. The van der Waals surface area contributed by atoms with E-state index in [-0.39, 0.29) is 0 Å². The molecule has 19 heavy (non-hydrogen) atoms. The number of pyridine rings is 1. The van der Waals surface area contributed by atoms with Crippen LogP contribution >= 0.6 is 0 Å². The number of hydrogen-bond acceptors (Lipinski definition) is 4. The molecule has 0 aromatic carbocycles. The van der Waals surface area contributed by atoms with Gasteiger partial charge in [-0.1, -0.05) is 13.8 Å².